The van der Waals surface area contributed by atoms with Crippen LogP contribution in [0.1, 0.15) is 5.56 Å². The molecule has 0 aliphatic rings. The summed E-state index contributed by atoms with van der Waals surface area (Å²) in [7, 11) is -3.66. The average molecular weight is 384 g/mol. The predicted octanol–water partition coefficient (Wildman–Crippen LogP) is 3.56. The highest BCUT2D eigenvalue weighted by Gasteiger charge is 2.17. The molecule has 0 saturated heterocycles. The molecule has 3 aromatic rings. The summed E-state index contributed by atoms with van der Waals surface area (Å²) in [6.07, 6.45) is 1.34. The molecule has 0 atom stereocenters. The molecule has 0 aliphatic carbocycles. The quantitative estimate of drug-likeness (QED) is 0.750. The zero-order chi connectivity index (χ0) is 15.0. The number of nitrogens with one attached hydrogen (secondary N) is 1. The van der Waals surface area contributed by atoms with Gasteiger partial charge in [-0.1, -0.05) is 17.7 Å². The summed E-state index contributed by atoms with van der Waals surface area (Å²) in [6, 6.07) is 8.48. The molecular formula is C13H10BrN3O2S2. The van der Waals surface area contributed by atoms with Crippen molar-refractivity contribution in [1.82, 2.24) is 9.97 Å². The number of rotatable bonds is 3. The van der Waals surface area contributed by atoms with Gasteiger partial charge in [0.2, 0.25) is 0 Å². The van der Waals surface area contributed by atoms with Crippen LogP contribution in [-0.2, 0) is 10.0 Å². The highest BCUT2D eigenvalue weighted by atomic mass is 79.9. The normalized spacial score (nSPS) is 11.7. The molecule has 0 bridgehead atoms. The first kappa shape index (κ1) is 14.4. The Bertz CT molecular complexity index is 905. The summed E-state index contributed by atoms with van der Waals surface area (Å²) < 4.78 is 28.9. The van der Waals surface area contributed by atoms with Crippen molar-refractivity contribution in [2.24, 2.45) is 0 Å². The summed E-state index contributed by atoms with van der Waals surface area (Å²) in [4.78, 5) is 8.35. The number of nitrogens with zero attached hydrogens (tertiary/aromatic N) is 2. The Morgan fingerprint density at radius 3 is 2.62 bits per heavy atom. The Morgan fingerprint density at radius 2 is 1.90 bits per heavy atom. The zero-order valence-electron chi connectivity index (χ0n) is 10.9. The minimum Gasteiger partial charge on any atom is -0.262 e. The van der Waals surface area contributed by atoms with E-state index in [9.17, 15) is 8.42 Å². The van der Waals surface area contributed by atoms with Gasteiger partial charge in [-0.2, -0.15) is 0 Å². The Hall–Kier alpha value is -1.51. The van der Waals surface area contributed by atoms with Gasteiger partial charge in [0.1, 0.15) is 6.33 Å². The third kappa shape index (κ3) is 2.92. The van der Waals surface area contributed by atoms with Gasteiger partial charge in [0.05, 0.1) is 18.9 Å². The van der Waals surface area contributed by atoms with Gasteiger partial charge in [0.25, 0.3) is 10.0 Å². The number of aryl methyl sites for hydroxylation is 1. The lowest BCUT2D eigenvalue weighted by Gasteiger charge is -2.07. The number of aromatic nitrogens is 2. The lowest BCUT2D eigenvalue weighted by molar-refractivity contribution is 0.601. The molecule has 5 nitrogen and oxygen atoms in total. The topological polar surface area (TPSA) is 72.0 Å². The van der Waals surface area contributed by atoms with Crippen LogP contribution in [0.2, 0.25) is 0 Å². The molecule has 8 heteroatoms. The smallest absolute Gasteiger partial charge is 0.262 e. The van der Waals surface area contributed by atoms with E-state index < -0.39 is 10.0 Å². The Morgan fingerprint density at radius 1 is 1.19 bits per heavy atom. The van der Waals surface area contributed by atoms with Gasteiger partial charge in [-0.15, -0.1) is 11.3 Å². The fourth-order valence-electron chi connectivity index (χ4n) is 1.80. The highest BCUT2D eigenvalue weighted by Crippen LogP contribution is 2.33. The summed E-state index contributed by atoms with van der Waals surface area (Å²) in [5.74, 6) is 0.288. The molecule has 2 aromatic heterocycles. The number of anilines is 1. The van der Waals surface area contributed by atoms with E-state index in [1.165, 1.54) is 17.7 Å². The molecule has 0 unspecified atom stereocenters. The van der Waals surface area contributed by atoms with E-state index in [4.69, 9.17) is 0 Å². The van der Waals surface area contributed by atoms with E-state index in [-0.39, 0.29) is 10.7 Å². The number of thiophene rings is 1. The van der Waals surface area contributed by atoms with Crippen molar-refractivity contribution >= 4 is 53.3 Å². The van der Waals surface area contributed by atoms with Crippen LogP contribution in [0.5, 0.6) is 0 Å². The van der Waals surface area contributed by atoms with Crippen molar-refractivity contribution in [3.8, 4) is 0 Å². The molecule has 0 aliphatic heterocycles. The summed E-state index contributed by atoms with van der Waals surface area (Å²) >= 11 is 4.75. The van der Waals surface area contributed by atoms with E-state index in [2.05, 4.69) is 30.6 Å². The molecule has 0 spiro atoms. The lowest BCUT2D eigenvalue weighted by atomic mass is 10.2. The molecule has 21 heavy (non-hydrogen) atoms. The van der Waals surface area contributed by atoms with Crippen molar-refractivity contribution in [1.29, 1.82) is 0 Å². The first-order valence-electron chi connectivity index (χ1n) is 5.95. The second-order valence-corrected chi connectivity index (χ2v) is 8.52. The molecule has 0 radical (unpaired) electrons. The second-order valence-electron chi connectivity index (χ2n) is 4.41. The van der Waals surface area contributed by atoms with Crippen molar-refractivity contribution in [3.05, 3.63) is 46.0 Å². The number of halogens is 1. The fourth-order valence-corrected chi connectivity index (χ4v) is 4.37. The van der Waals surface area contributed by atoms with Crippen LogP contribution in [0.15, 0.2) is 45.3 Å². The van der Waals surface area contributed by atoms with Gasteiger partial charge in [-0.05, 0) is 41.1 Å². The van der Waals surface area contributed by atoms with Crippen LogP contribution in [0.3, 0.4) is 0 Å². The van der Waals surface area contributed by atoms with Crippen LogP contribution in [0, 0.1) is 6.92 Å². The third-order valence-electron chi connectivity index (χ3n) is 2.84. The first-order chi connectivity index (χ1) is 9.95. The minimum atomic E-state index is -3.66. The van der Waals surface area contributed by atoms with Crippen molar-refractivity contribution < 1.29 is 8.42 Å². The SMILES string of the molecule is Cc1ccc(S(=O)(=O)Nc2ncnc3cc(Br)sc23)cc1. The maximum atomic E-state index is 12.4. The van der Waals surface area contributed by atoms with Gasteiger partial charge >= 0.3 is 0 Å². The Kier molecular flexibility index (Phi) is 3.68. The molecule has 108 valence electrons. The van der Waals surface area contributed by atoms with Crippen molar-refractivity contribution in [2.45, 2.75) is 11.8 Å². The predicted molar refractivity (Wildman–Crippen MR) is 87.1 cm³/mol. The summed E-state index contributed by atoms with van der Waals surface area (Å²) in [5, 5.41) is 0. The summed E-state index contributed by atoms with van der Waals surface area (Å²) in [6.45, 7) is 1.90. The molecule has 1 aromatic carbocycles. The van der Waals surface area contributed by atoms with Gasteiger partial charge in [-0.3, -0.25) is 4.72 Å². The van der Waals surface area contributed by atoms with Gasteiger partial charge < -0.3 is 0 Å². The van der Waals surface area contributed by atoms with Crippen LogP contribution >= 0.6 is 27.3 Å². The molecular weight excluding hydrogens is 374 g/mol. The maximum absolute atomic E-state index is 12.4. The van der Waals surface area contributed by atoms with E-state index in [1.54, 1.807) is 24.3 Å². The van der Waals surface area contributed by atoms with Gasteiger partial charge in [-0.25, -0.2) is 18.4 Å². The average Bonchev–Trinajstić information content (AvgIpc) is 2.80. The molecule has 0 amide bonds. The molecule has 3 rings (SSSR count). The zero-order valence-corrected chi connectivity index (χ0v) is 14.1. The van der Waals surface area contributed by atoms with Crippen LogP contribution < -0.4 is 4.72 Å². The minimum absolute atomic E-state index is 0.204. The number of hydrogen-bond donors (Lipinski definition) is 1. The standard InChI is InChI=1S/C13H10BrN3O2S2/c1-8-2-4-9(5-3-8)21(18,19)17-13-12-10(15-7-16-13)6-11(14)20-12/h2-7H,1H3,(H,15,16,17). The molecule has 0 saturated carbocycles. The third-order valence-corrected chi connectivity index (χ3v) is 5.83. The highest BCUT2D eigenvalue weighted by molar-refractivity contribution is 9.11. The van der Waals surface area contributed by atoms with E-state index in [0.717, 1.165) is 9.35 Å². The number of benzene rings is 1. The number of sulfonamides is 1. The molecule has 1 N–H and O–H groups in total. The van der Waals surface area contributed by atoms with E-state index >= 15 is 0 Å². The molecule has 2 heterocycles. The Labute approximate surface area is 134 Å². The monoisotopic (exact) mass is 383 g/mol. The largest absolute Gasteiger partial charge is 0.263 e. The van der Waals surface area contributed by atoms with Crippen LogP contribution in [0.25, 0.3) is 10.2 Å². The number of fused-ring (bicyclic) bond motifs is 1. The first-order valence-corrected chi connectivity index (χ1v) is 9.04. The van der Waals surface area contributed by atoms with E-state index in [0.29, 0.717) is 10.2 Å². The lowest BCUT2D eigenvalue weighted by Crippen LogP contribution is -2.14. The van der Waals surface area contributed by atoms with Gasteiger partial charge in [0.15, 0.2) is 5.82 Å². The second kappa shape index (κ2) is 5.36. The number of hydrogen-bond acceptors (Lipinski definition) is 5. The summed E-state index contributed by atoms with van der Waals surface area (Å²) in [5.41, 5.74) is 1.70. The van der Waals surface area contributed by atoms with Crippen molar-refractivity contribution in [3.63, 3.8) is 0 Å². The van der Waals surface area contributed by atoms with Crippen LogP contribution in [-0.4, -0.2) is 18.4 Å². The van der Waals surface area contributed by atoms with E-state index in [1.807, 2.05) is 13.0 Å². The molecule has 0 fully saturated rings. The maximum Gasteiger partial charge on any atom is 0.263 e. The Balaban J connectivity index is 2.03. The fraction of sp³-hybridized carbons (Fsp3) is 0.0769. The van der Waals surface area contributed by atoms with Gasteiger partial charge in [0, 0.05) is 0 Å². The van der Waals surface area contributed by atoms with Crippen molar-refractivity contribution in [2.75, 3.05) is 4.72 Å². The van der Waals surface area contributed by atoms with Crippen LogP contribution in [0.4, 0.5) is 5.82 Å².